The fourth-order valence-electron chi connectivity index (χ4n) is 0.657. The van der Waals surface area contributed by atoms with Crippen molar-refractivity contribution < 1.29 is 4.79 Å². The molecule has 0 aromatic carbocycles. The highest BCUT2D eigenvalue weighted by molar-refractivity contribution is 5.32. The lowest BCUT2D eigenvalue weighted by Crippen LogP contribution is -1.69. The molecule has 12 heavy (non-hydrogen) atoms. The van der Waals surface area contributed by atoms with Gasteiger partial charge in [-0.25, -0.2) is 9.79 Å². The molecule has 0 unspecified atom stereocenters. The third-order valence-electron chi connectivity index (χ3n) is 1.36. The van der Waals surface area contributed by atoms with Crippen molar-refractivity contribution in [2.45, 2.75) is 52.9 Å². The third kappa shape index (κ3) is 22.8. The lowest BCUT2D eigenvalue weighted by molar-refractivity contribution is 0.562. The zero-order valence-electron chi connectivity index (χ0n) is 8.60. The Morgan fingerprint density at radius 1 is 1.00 bits per heavy atom. The molecule has 0 aliphatic heterocycles. The van der Waals surface area contributed by atoms with Crippen molar-refractivity contribution in [1.82, 2.24) is 0 Å². The molecule has 0 amide bonds. The molecule has 2 heteroatoms. The summed E-state index contributed by atoms with van der Waals surface area (Å²) in [5, 5.41) is 0. The van der Waals surface area contributed by atoms with Gasteiger partial charge >= 0.3 is 0 Å². The molecule has 0 spiro atoms. The van der Waals surface area contributed by atoms with Gasteiger partial charge in [0.1, 0.15) is 0 Å². The highest BCUT2D eigenvalue weighted by Crippen LogP contribution is 1.95. The molecule has 0 saturated heterocycles. The highest BCUT2D eigenvalue weighted by Gasteiger charge is 1.75. The largest absolute Gasteiger partial charge is 0.234 e. The minimum atomic E-state index is 0.615. The molecule has 0 rings (SSSR count). The lowest BCUT2D eigenvalue weighted by atomic mass is 10.2. The van der Waals surface area contributed by atoms with Crippen LogP contribution in [0.25, 0.3) is 0 Å². The predicted octanol–water partition coefficient (Wildman–Crippen LogP) is 3.32. The van der Waals surface area contributed by atoms with Crippen LogP contribution in [0.4, 0.5) is 0 Å². The fourth-order valence-corrected chi connectivity index (χ4v) is 0.657. The van der Waals surface area contributed by atoms with Gasteiger partial charge in [-0.2, -0.15) is 0 Å². The van der Waals surface area contributed by atoms with Crippen LogP contribution in [-0.4, -0.2) is 12.6 Å². The zero-order valence-corrected chi connectivity index (χ0v) is 8.60. The molecule has 0 aromatic heterocycles. The number of carbonyl (C=O) groups excluding carboxylic acids is 1. The van der Waals surface area contributed by atoms with Crippen molar-refractivity contribution in [3.63, 3.8) is 0 Å². The predicted molar refractivity (Wildman–Crippen MR) is 53.1 cm³/mol. The van der Waals surface area contributed by atoms with Gasteiger partial charge in [-0.3, -0.25) is 0 Å². The van der Waals surface area contributed by atoms with E-state index in [-0.39, 0.29) is 0 Å². The summed E-state index contributed by atoms with van der Waals surface area (Å²) in [5.74, 6) is 0. The van der Waals surface area contributed by atoms with Gasteiger partial charge in [0, 0.05) is 0 Å². The standard InChI is InChI=1S/C6H14.C4H7NO/c1-3-5-6-4-2;1-2-3-5-4-6/h3-6H2,1-2H3;2-3H2,1H3. The summed E-state index contributed by atoms with van der Waals surface area (Å²) in [7, 11) is 0. The molecule has 0 heterocycles. The van der Waals surface area contributed by atoms with E-state index < -0.39 is 0 Å². The first-order valence-electron chi connectivity index (χ1n) is 4.87. The maximum absolute atomic E-state index is 9.27. The number of rotatable bonds is 5. The topological polar surface area (TPSA) is 29.4 Å². The van der Waals surface area contributed by atoms with E-state index in [2.05, 4.69) is 18.8 Å². The number of hydrogen-bond acceptors (Lipinski definition) is 2. The summed E-state index contributed by atoms with van der Waals surface area (Å²) in [6.07, 6.45) is 7.91. The van der Waals surface area contributed by atoms with Gasteiger partial charge in [0.25, 0.3) is 0 Å². The number of aliphatic imine (C=N–C) groups is 1. The van der Waals surface area contributed by atoms with Crippen LogP contribution in [0.15, 0.2) is 4.99 Å². The molecule has 0 fully saturated rings. The molecule has 0 aliphatic carbocycles. The van der Waals surface area contributed by atoms with Gasteiger partial charge in [-0.1, -0.05) is 46.5 Å². The van der Waals surface area contributed by atoms with Crippen LogP contribution >= 0.6 is 0 Å². The molecule has 72 valence electrons. The van der Waals surface area contributed by atoms with E-state index >= 15 is 0 Å². The minimum Gasteiger partial charge on any atom is -0.211 e. The minimum absolute atomic E-state index is 0.615. The van der Waals surface area contributed by atoms with Crippen LogP contribution in [0.3, 0.4) is 0 Å². The Morgan fingerprint density at radius 2 is 1.50 bits per heavy atom. The second-order valence-electron chi connectivity index (χ2n) is 2.68. The van der Waals surface area contributed by atoms with Gasteiger partial charge < -0.3 is 0 Å². The van der Waals surface area contributed by atoms with Gasteiger partial charge in [0.05, 0.1) is 6.54 Å². The average Bonchev–Trinajstić information content (AvgIpc) is 2.12. The smallest absolute Gasteiger partial charge is 0.211 e. The van der Waals surface area contributed by atoms with Crippen LogP contribution < -0.4 is 0 Å². The normalized spacial score (nSPS) is 7.92. The number of isocyanates is 1. The maximum Gasteiger partial charge on any atom is 0.234 e. The summed E-state index contributed by atoms with van der Waals surface area (Å²) in [6.45, 7) is 7.04. The van der Waals surface area contributed by atoms with E-state index in [1.54, 1.807) is 0 Å². The summed E-state index contributed by atoms with van der Waals surface area (Å²) in [6, 6.07) is 0. The fraction of sp³-hybridized carbons (Fsp3) is 0.900. The van der Waals surface area contributed by atoms with Crippen molar-refractivity contribution in [2.24, 2.45) is 4.99 Å². The first kappa shape index (κ1) is 13.9. The van der Waals surface area contributed by atoms with E-state index in [0.29, 0.717) is 6.54 Å². The van der Waals surface area contributed by atoms with Crippen LogP contribution in [0, 0.1) is 0 Å². The highest BCUT2D eigenvalue weighted by atomic mass is 16.1. The van der Waals surface area contributed by atoms with Crippen molar-refractivity contribution in [1.29, 1.82) is 0 Å². The second kappa shape index (κ2) is 16.8. The maximum atomic E-state index is 9.27. The molecule has 2 nitrogen and oxygen atoms in total. The Hall–Kier alpha value is -0.620. The summed E-state index contributed by atoms with van der Waals surface area (Å²) >= 11 is 0. The molecule has 0 bridgehead atoms. The van der Waals surface area contributed by atoms with E-state index in [1.165, 1.54) is 31.8 Å². The monoisotopic (exact) mass is 171 g/mol. The Morgan fingerprint density at radius 3 is 1.67 bits per heavy atom. The Kier molecular flexibility index (Phi) is 19.5. The number of nitrogens with zero attached hydrogens (tertiary/aromatic N) is 1. The third-order valence-corrected chi connectivity index (χ3v) is 1.36. The van der Waals surface area contributed by atoms with Crippen molar-refractivity contribution in [3.05, 3.63) is 0 Å². The summed E-state index contributed by atoms with van der Waals surface area (Å²) < 4.78 is 0. The van der Waals surface area contributed by atoms with E-state index in [1.807, 2.05) is 6.92 Å². The van der Waals surface area contributed by atoms with Gasteiger partial charge in [-0.15, -0.1) is 0 Å². The summed E-state index contributed by atoms with van der Waals surface area (Å²) in [5.41, 5.74) is 0. The van der Waals surface area contributed by atoms with Crippen LogP contribution in [-0.2, 0) is 4.79 Å². The molecule has 0 aliphatic rings. The molecule has 0 radical (unpaired) electrons. The van der Waals surface area contributed by atoms with Crippen LogP contribution in [0.2, 0.25) is 0 Å². The summed E-state index contributed by atoms with van der Waals surface area (Å²) in [4.78, 5) is 12.6. The number of unbranched alkanes of at least 4 members (excludes halogenated alkanes) is 3. The quantitative estimate of drug-likeness (QED) is 0.354. The first-order valence-corrected chi connectivity index (χ1v) is 4.87. The van der Waals surface area contributed by atoms with Crippen LogP contribution in [0.5, 0.6) is 0 Å². The number of hydrogen-bond donors (Lipinski definition) is 0. The average molecular weight is 171 g/mol. The Balaban J connectivity index is 0. The second-order valence-corrected chi connectivity index (χ2v) is 2.68. The molecule has 0 atom stereocenters. The van der Waals surface area contributed by atoms with Crippen molar-refractivity contribution in [2.75, 3.05) is 6.54 Å². The molecular formula is C10H21NO. The zero-order chi connectivity index (χ0) is 9.66. The van der Waals surface area contributed by atoms with Crippen LogP contribution in [0.1, 0.15) is 52.9 Å². The SMILES string of the molecule is CCCCCC.CCCN=C=O. The Labute approximate surface area is 76.1 Å². The Bertz CT molecular complexity index is 102. The van der Waals surface area contributed by atoms with E-state index in [4.69, 9.17) is 0 Å². The molecule has 0 saturated carbocycles. The van der Waals surface area contributed by atoms with Crippen molar-refractivity contribution in [3.8, 4) is 0 Å². The molecule has 0 N–H and O–H groups in total. The van der Waals surface area contributed by atoms with E-state index in [9.17, 15) is 4.79 Å². The van der Waals surface area contributed by atoms with Gasteiger partial charge in [0.15, 0.2) is 0 Å². The molecular weight excluding hydrogens is 150 g/mol. The van der Waals surface area contributed by atoms with E-state index in [0.717, 1.165) is 6.42 Å². The first-order chi connectivity index (χ1) is 5.83. The van der Waals surface area contributed by atoms with Gasteiger partial charge in [-0.05, 0) is 6.42 Å². The van der Waals surface area contributed by atoms with Gasteiger partial charge in [0.2, 0.25) is 6.08 Å². The molecule has 0 aromatic rings. The van der Waals surface area contributed by atoms with Crippen molar-refractivity contribution >= 4 is 6.08 Å². The lowest BCUT2D eigenvalue weighted by Gasteiger charge is -1.86.